The molecule has 23 heteroatoms. The van der Waals surface area contributed by atoms with Gasteiger partial charge in [-0.2, -0.15) is 15.0 Å². The number of nitrogens with one attached hydrogen (secondary N) is 1. The molecule has 2 fully saturated rings. The van der Waals surface area contributed by atoms with Gasteiger partial charge in [0.25, 0.3) is 0 Å². The molecule has 5 heterocycles. The average Bonchev–Trinajstić information content (AvgIpc) is 3.98. The lowest BCUT2D eigenvalue weighted by atomic mass is 10.1. The average molecular weight is 903 g/mol. The lowest BCUT2D eigenvalue weighted by molar-refractivity contribution is -0.368. The summed E-state index contributed by atoms with van der Waals surface area (Å²) in [5.74, 6) is 2.78. The number of piperazine rings is 2. The number of carboxylic acids is 1. The minimum Gasteiger partial charge on any atom is -1.00 e. The highest BCUT2D eigenvalue weighted by Crippen LogP contribution is 2.23. The Morgan fingerprint density at radius 2 is 1.37 bits per heavy atom. The van der Waals surface area contributed by atoms with E-state index >= 15 is 0 Å². The number of anilines is 3. The second-order valence-electron chi connectivity index (χ2n) is 15.2. The lowest BCUT2D eigenvalue weighted by Crippen LogP contribution is -3.00. The highest BCUT2D eigenvalue weighted by molar-refractivity contribution is 5.81. The van der Waals surface area contributed by atoms with Crippen LogP contribution in [-0.4, -0.2) is 183 Å². The fraction of sp³-hybridized carbons (Fsp3) is 0.700. The van der Waals surface area contributed by atoms with Gasteiger partial charge in [0.15, 0.2) is 0 Å². The Bertz CT molecular complexity index is 1880. The van der Waals surface area contributed by atoms with Gasteiger partial charge in [0.05, 0.1) is 57.4 Å². The molecule has 2 amide bonds. The molecule has 2 unspecified atom stereocenters. The number of carbonyl (C=O) groups excluding carboxylic acids is 2. The first-order chi connectivity index (χ1) is 30.2. The maximum atomic E-state index is 14.1. The minimum atomic E-state index is -0.921. The standard InChI is InChI=1S/C40H63N15O7.ClH/c1-4-6-9-32-30-55(49-46-32)34(10-7-8-13-41)37(59)51-17-21-53(22-18-51)40-44-38(42-14-24-61-26-28-62-27-25-60-23-5-2)43-39(45-40)52-19-15-50(16-20-52)36(58)31(3)54-29-33(47-48-54)11-12-35(56)57;/h2,29-31,34H,4,6-28,41H2,1,3H3,(H,56,57)(H,42,43,44,45);1H. The number of hydrogen-bond donors (Lipinski definition) is 3. The number of aryl methyl sites for hydroxylation is 2. The molecule has 2 aliphatic rings. The van der Waals surface area contributed by atoms with E-state index in [0.717, 1.165) is 44.3 Å². The molecule has 22 nitrogen and oxygen atoms in total. The van der Waals surface area contributed by atoms with Crippen LogP contribution in [0.5, 0.6) is 0 Å². The van der Waals surface area contributed by atoms with E-state index in [4.69, 9.17) is 40.7 Å². The molecule has 0 spiro atoms. The van der Waals surface area contributed by atoms with E-state index in [2.05, 4.69) is 49.4 Å². The van der Waals surface area contributed by atoms with Crippen molar-refractivity contribution >= 4 is 35.6 Å². The van der Waals surface area contributed by atoms with Gasteiger partial charge in [-0.05, 0) is 39.0 Å². The summed E-state index contributed by atoms with van der Waals surface area (Å²) in [6.07, 6.45) is 14.3. The number of rotatable bonds is 27. The van der Waals surface area contributed by atoms with Crippen LogP contribution in [0.1, 0.15) is 75.8 Å². The number of aromatic nitrogens is 9. The van der Waals surface area contributed by atoms with Gasteiger partial charge < -0.3 is 62.4 Å². The molecule has 3 aromatic heterocycles. The summed E-state index contributed by atoms with van der Waals surface area (Å²) in [6.45, 7) is 11.3. The fourth-order valence-electron chi connectivity index (χ4n) is 7.04. The predicted molar refractivity (Wildman–Crippen MR) is 227 cm³/mol. The molecule has 348 valence electrons. The number of unbranched alkanes of at least 4 members (excludes halogenated alkanes) is 2. The summed E-state index contributed by atoms with van der Waals surface area (Å²) in [5.41, 5.74) is 5.40. The fourth-order valence-corrected chi connectivity index (χ4v) is 7.04. The van der Waals surface area contributed by atoms with Gasteiger partial charge in [0, 0.05) is 77.7 Å². The Hall–Kier alpha value is -5.21. The van der Waals surface area contributed by atoms with E-state index in [9.17, 15) is 14.4 Å². The number of terminal acetylenes is 1. The largest absolute Gasteiger partial charge is 1.00 e. The Morgan fingerprint density at radius 1 is 0.794 bits per heavy atom. The number of halogens is 1. The van der Waals surface area contributed by atoms with Crippen molar-refractivity contribution in [2.45, 2.75) is 77.3 Å². The zero-order chi connectivity index (χ0) is 44.1. The minimum absolute atomic E-state index is 0. The van der Waals surface area contributed by atoms with Gasteiger partial charge in [0.1, 0.15) is 18.7 Å². The van der Waals surface area contributed by atoms with Crippen molar-refractivity contribution in [2.24, 2.45) is 0 Å². The summed E-state index contributed by atoms with van der Waals surface area (Å²) in [6, 6.07) is -1.04. The molecule has 2 aliphatic heterocycles. The first-order valence-corrected chi connectivity index (χ1v) is 21.8. The number of quaternary nitrogens is 1. The highest BCUT2D eigenvalue weighted by atomic mass is 35.5. The Balaban J connectivity index is 0.00000871. The summed E-state index contributed by atoms with van der Waals surface area (Å²) >= 11 is 0. The zero-order valence-corrected chi connectivity index (χ0v) is 37.4. The maximum absolute atomic E-state index is 14.1. The molecule has 5 rings (SSSR count). The van der Waals surface area contributed by atoms with Gasteiger partial charge in [-0.3, -0.25) is 14.4 Å². The number of hydrogen-bond acceptors (Lipinski definition) is 16. The van der Waals surface area contributed by atoms with Crippen molar-refractivity contribution in [3.8, 4) is 12.3 Å². The first-order valence-electron chi connectivity index (χ1n) is 21.8. The lowest BCUT2D eigenvalue weighted by Gasteiger charge is -2.37. The van der Waals surface area contributed by atoms with Crippen LogP contribution in [-0.2, 0) is 41.4 Å². The van der Waals surface area contributed by atoms with E-state index in [0.29, 0.717) is 122 Å². The third-order valence-corrected chi connectivity index (χ3v) is 10.7. The van der Waals surface area contributed by atoms with Crippen LogP contribution >= 0.6 is 0 Å². The van der Waals surface area contributed by atoms with Crippen molar-refractivity contribution in [3.05, 3.63) is 23.8 Å². The molecule has 0 bridgehead atoms. The van der Waals surface area contributed by atoms with Crippen LogP contribution in [0.15, 0.2) is 12.4 Å². The molecule has 2 saturated heterocycles. The van der Waals surface area contributed by atoms with E-state index in [-0.39, 0.29) is 43.7 Å². The first kappa shape index (κ1) is 50.4. The third-order valence-electron chi connectivity index (χ3n) is 10.7. The third kappa shape index (κ3) is 15.8. The monoisotopic (exact) mass is 901 g/mol. The Labute approximate surface area is 375 Å². The van der Waals surface area contributed by atoms with Crippen LogP contribution in [0.4, 0.5) is 17.8 Å². The summed E-state index contributed by atoms with van der Waals surface area (Å²) in [4.78, 5) is 60.9. The highest BCUT2D eigenvalue weighted by Gasteiger charge is 2.32. The topological polar surface area (TPSA) is 252 Å². The zero-order valence-electron chi connectivity index (χ0n) is 36.7. The van der Waals surface area contributed by atoms with Crippen molar-refractivity contribution in [1.29, 1.82) is 0 Å². The number of aliphatic carboxylic acids is 1. The van der Waals surface area contributed by atoms with Gasteiger partial charge in [-0.15, -0.1) is 16.6 Å². The van der Waals surface area contributed by atoms with Crippen molar-refractivity contribution in [2.75, 3.05) is 120 Å². The van der Waals surface area contributed by atoms with E-state index in [1.807, 2.05) is 16.0 Å². The molecule has 0 aromatic carbocycles. The van der Waals surface area contributed by atoms with Crippen LogP contribution in [0, 0.1) is 12.3 Å². The molecule has 5 N–H and O–H groups in total. The van der Waals surface area contributed by atoms with Gasteiger partial charge >= 0.3 is 5.97 Å². The number of nitrogens with zero attached hydrogens (tertiary/aromatic N) is 13. The van der Waals surface area contributed by atoms with Crippen LogP contribution in [0.25, 0.3) is 0 Å². The van der Waals surface area contributed by atoms with Crippen LogP contribution in [0.3, 0.4) is 0 Å². The molecule has 3 aromatic rings. The predicted octanol–water partition coefficient (Wildman–Crippen LogP) is -3.27. The maximum Gasteiger partial charge on any atom is 0.303 e. The van der Waals surface area contributed by atoms with Crippen molar-refractivity contribution < 1.29 is 51.8 Å². The molecular weight excluding hydrogens is 838 g/mol. The van der Waals surface area contributed by atoms with E-state index < -0.39 is 18.1 Å². The molecule has 63 heavy (non-hydrogen) atoms. The molecule has 0 aliphatic carbocycles. The van der Waals surface area contributed by atoms with E-state index in [1.54, 1.807) is 22.7 Å². The number of carboxylic acid groups (broad SMARTS) is 1. The quantitative estimate of drug-likeness (QED) is 0.0501. The Kier molecular flexibility index (Phi) is 21.7. The van der Waals surface area contributed by atoms with Crippen molar-refractivity contribution in [1.82, 2.24) is 54.7 Å². The molecular formula is C40H64ClN15O7. The van der Waals surface area contributed by atoms with Crippen LogP contribution in [0.2, 0.25) is 0 Å². The normalized spacial score (nSPS) is 15.1. The second kappa shape index (κ2) is 27.1. The summed E-state index contributed by atoms with van der Waals surface area (Å²) in [7, 11) is 0. The molecule has 0 saturated carbocycles. The van der Waals surface area contributed by atoms with E-state index in [1.165, 1.54) is 4.68 Å². The van der Waals surface area contributed by atoms with Gasteiger partial charge in [-0.25, -0.2) is 9.36 Å². The van der Waals surface area contributed by atoms with Crippen LogP contribution < -0.4 is 33.3 Å². The molecule has 2 atom stereocenters. The molecule has 0 radical (unpaired) electrons. The van der Waals surface area contributed by atoms with Gasteiger partial charge in [0.2, 0.25) is 29.7 Å². The smallest absolute Gasteiger partial charge is 0.303 e. The summed E-state index contributed by atoms with van der Waals surface area (Å²) < 4.78 is 19.7. The van der Waals surface area contributed by atoms with Gasteiger partial charge in [-0.1, -0.05) is 29.7 Å². The Morgan fingerprint density at radius 3 is 1.97 bits per heavy atom. The summed E-state index contributed by atoms with van der Waals surface area (Å²) in [5, 5.41) is 29.2. The number of carbonyl (C=O) groups is 3. The second-order valence-corrected chi connectivity index (χ2v) is 15.2. The number of amides is 2. The van der Waals surface area contributed by atoms with Crippen molar-refractivity contribution in [3.63, 3.8) is 0 Å². The SMILES string of the molecule is C#CCOCCOCCOCCNc1nc(N2CCN(C(=O)C(C)n3cc(CCC(=O)O)nn3)CC2)nc(N2CCN(C(=O)C(CCCC[NH3+])n3cc(CCCC)nn3)CC2)n1.[Cl-]. The number of ether oxygens (including phenoxy) is 3.